The molecule has 2 heterocycles. The van der Waals surface area contributed by atoms with Crippen molar-refractivity contribution in [3.05, 3.63) is 0 Å². The summed E-state index contributed by atoms with van der Waals surface area (Å²) in [7, 11) is 0. The average molecular weight is 214 g/mol. The Morgan fingerprint density at radius 1 is 1.47 bits per heavy atom. The van der Waals surface area contributed by atoms with Gasteiger partial charge in [-0.05, 0) is 19.4 Å². The van der Waals surface area contributed by atoms with Crippen molar-refractivity contribution in [2.75, 3.05) is 32.9 Å². The molecule has 2 atom stereocenters. The second-order valence-corrected chi connectivity index (χ2v) is 3.96. The molecule has 5 nitrogen and oxygen atoms in total. The first-order chi connectivity index (χ1) is 7.36. The van der Waals surface area contributed by atoms with Crippen LogP contribution in [0.15, 0.2) is 0 Å². The lowest BCUT2D eigenvalue weighted by Crippen LogP contribution is -2.45. The van der Waals surface area contributed by atoms with E-state index in [0.717, 1.165) is 19.4 Å². The van der Waals surface area contributed by atoms with E-state index in [1.807, 2.05) is 0 Å². The maximum absolute atomic E-state index is 11.6. The van der Waals surface area contributed by atoms with Crippen molar-refractivity contribution in [1.29, 1.82) is 0 Å². The lowest BCUT2D eigenvalue weighted by Gasteiger charge is -2.23. The number of carbonyl (C=O) groups excluding carboxylic acids is 1. The zero-order valence-electron chi connectivity index (χ0n) is 8.83. The summed E-state index contributed by atoms with van der Waals surface area (Å²) in [6.45, 7) is 3.37. The first-order valence-electron chi connectivity index (χ1n) is 5.57. The van der Waals surface area contributed by atoms with E-state index in [-0.39, 0.29) is 18.1 Å². The highest BCUT2D eigenvalue weighted by molar-refractivity contribution is 5.81. The molecular weight excluding hydrogens is 196 g/mol. The maximum Gasteiger partial charge on any atom is 0.237 e. The molecule has 86 valence electrons. The molecule has 2 aliphatic rings. The summed E-state index contributed by atoms with van der Waals surface area (Å²) < 4.78 is 10.7. The van der Waals surface area contributed by atoms with Gasteiger partial charge in [0.2, 0.25) is 5.91 Å². The van der Waals surface area contributed by atoms with Gasteiger partial charge in [0.05, 0.1) is 32.0 Å². The van der Waals surface area contributed by atoms with Crippen LogP contribution in [0.5, 0.6) is 0 Å². The van der Waals surface area contributed by atoms with Crippen LogP contribution in [0, 0.1) is 0 Å². The van der Waals surface area contributed by atoms with Gasteiger partial charge in [0.1, 0.15) is 0 Å². The monoisotopic (exact) mass is 214 g/mol. The molecule has 0 saturated carbocycles. The van der Waals surface area contributed by atoms with Crippen LogP contribution in [0.4, 0.5) is 0 Å². The van der Waals surface area contributed by atoms with Gasteiger partial charge in [0.25, 0.3) is 0 Å². The third-order valence-corrected chi connectivity index (χ3v) is 2.77. The van der Waals surface area contributed by atoms with Gasteiger partial charge in [-0.25, -0.2) is 0 Å². The third kappa shape index (κ3) is 3.15. The van der Waals surface area contributed by atoms with Gasteiger partial charge >= 0.3 is 0 Å². The molecule has 2 fully saturated rings. The normalized spacial score (nSPS) is 31.5. The Morgan fingerprint density at radius 2 is 2.40 bits per heavy atom. The molecule has 0 bridgehead atoms. The van der Waals surface area contributed by atoms with Crippen LogP contribution in [0.3, 0.4) is 0 Å². The Morgan fingerprint density at radius 3 is 3.07 bits per heavy atom. The fourth-order valence-electron chi connectivity index (χ4n) is 1.90. The number of rotatable bonds is 3. The van der Waals surface area contributed by atoms with Crippen molar-refractivity contribution in [2.45, 2.75) is 25.0 Å². The zero-order chi connectivity index (χ0) is 10.5. The molecule has 1 unspecified atom stereocenters. The summed E-state index contributed by atoms with van der Waals surface area (Å²) in [6, 6.07) is -0.00508. The minimum absolute atomic E-state index is 0.00508. The molecule has 15 heavy (non-hydrogen) atoms. The molecular formula is C10H18N2O3. The number of amides is 1. The SMILES string of the molecule is O=C(NCC1COCCO1)[C@@H]1CCCN1. The summed E-state index contributed by atoms with van der Waals surface area (Å²) in [5.74, 6) is 0.0849. The number of hydrogen-bond acceptors (Lipinski definition) is 4. The molecule has 2 aliphatic heterocycles. The zero-order valence-corrected chi connectivity index (χ0v) is 8.83. The predicted octanol–water partition coefficient (Wildman–Crippen LogP) is -0.730. The Kier molecular flexibility index (Phi) is 3.94. The van der Waals surface area contributed by atoms with E-state index in [2.05, 4.69) is 10.6 Å². The summed E-state index contributed by atoms with van der Waals surface area (Å²) in [5, 5.41) is 6.05. The van der Waals surface area contributed by atoms with Crippen molar-refractivity contribution in [2.24, 2.45) is 0 Å². The fraction of sp³-hybridized carbons (Fsp3) is 0.900. The molecule has 0 spiro atoms. The Labute approximate surface area is 89.5 Å². The Bertz CT molecular complexity index is 211. The first-order valence-corrected chi connectivity index (χ1v) is 5.57. The van der Waals surface area contributed by atoms with Crippen molar-refractivity contribution in [1.82, 2.24) is 10.6 Å². The third-order valence-electron chi connectivity index (χ3n) is 2.77. The van der Waals surface area contributed by atoms with Crippen LogP contribution in [-0.4, -0.2) is 51.0 Å². The van der Waals surface area contributed by atoms with Crippen LogP contribution in [0.2, 0.25) is 0 Å². The lowest BCUT2D eigenvalue weighted by molar-refractivity contribution is -0.125. The van der Waals surface area contributed by atoms with Crippen LogP contribution in [0.25, 0.3) is 0 Å². The summed E-state index contributed by atoms with van der Waals surface area (Å²) >= 11 is 0. The van der Waals surface area contributed by atoms with E-state index in [0.29, 0.717) is 26.4 Å². The lowest BCUT2D eigenvalue weighted by atomic mass is 10.2. The van der Waals surface area contributed by atoms with Crippen molar-refractivity contribution >= 4 is 5.91 Å². The standard InChI is InChI=1S/C10H18N2O3/c13-10(9-2-1-3-11-9)12-6-8-7-14-4-5-15-8/h8-9,11H,1-7H2,(H,12,13)/t8?,9-/m0/s1. The molecule has 0 aromatic carbocycles. The summed E-state index contributed by atoms with van der Waals surface area (Å²) in [6.07, 6.45) is 2.04. The molecule has 0 aliphatic carbocycles. The van der Waals surface area contributed by atoms with Crippen LogP contribution < -0.4 is 10.6 Å². The Hall–Kier alpha value is -0.650. The minimum atomic E-state index is -0.00508. The van der Waals surface area contributed by atoms with Crippen LogP contribution in [0.1, 0.15) is 12.8 Å². The van der Waals surface area contributed by atoms with Gasteiger partial charge in [0, 0.05) is 6.54 Å². The van der Waals surface area contributed by atoms with Crippen molar-refractivity contribution in [3.8, 4) is 0 Å². The maximum atomic E-state index is 11.6. The van der Waals surface area contributed by atoms with Gasteiger partial charge in [0.15, 0.2) is 0 Å². The molecule has 1 amide bonds. The van der Waals surface area contributed by atoms with E-state index < -0.39 is 0 Å². The van der Waals surface area contributed by atoms with Gasteiger partial charge in [-0.1, -0.05) is 0 Å². The molecule has 0 aromatic rings. The van der Waals surface area contributed by atoms with Crippen LogP contribution >= 0.6 is 0 Å². The Balaban J connectivity index is 1.65. The molecule has 0 aromatic heterocycles. The first kappa shape index (κ1) is 10.9. The highest BCUT2D eigenvalue weighted by Crippen LogP contribution is 2.05. The number of hydrogen-bond donors (Lipinski definition) is 2. The van der Waals surface area contributed by atoms with Gasteiger partial charge in [-0.3, -0.25) is 4.79 Å². The van der Waals surface area contributed by atoms with E-state index in [4.69, 9.17) is 9.47 Å². The quantitative estimate of drug-likeness (QED) is 0.650. The molecule has 2 N–H and O–H groups in total. The minimum Gasteiger partial charge on any atom is -0.376 e. The second kappa shape index (κ2) is 5.44. The predicted molar refractivity (Wildman–Crippen MR) is 54.6 cm³/mol. The summed E-state index contributed by atoms with van der Waals surface area (Å²) in [5.41, 5.74) is 0. The molecule has 2 saturated heterocycles. The average Bonchev–Trinajstić information content (AvgIpc) is 2.81. The van der Waals surface area contributed by atoms with E-state index in [1.165, 1.54) is 0 Å². The number of carbonyl (C=O) groups is 1. The topological polar surface area (TPSA) is 59.6 Å². The van der Waals surface area contributed by atoms with Gasteiger partial charge < -0.3 is 20.1 Å². The van der Waals surface area contributed by atoms with E-state index in [9.17, 15) is 4.79 Å². The highest BCUT2D eigenvalue weighted by atomic mass is 16.6. The van der Waals surface area contributed by atoms with Crippen molar-refractivity contribution in [3.63, 3.8) is 0 Å². The van der Waals surface area contributed by atoms with Crippen molar-refractivity contribution < 1.29 is 14.3 Å². The largest absolute Gasteiger partial charge is 0.376 e. The summed E-state index contributed by atoms with van der Waals surface area (Å²) in [4.78, 5) is 11.6. The fourth-order valence-corrected chi connectivity index (χ4v) is 1.90. The molecule has 2 rings (SSSR count). The van der Waals surface area contributed by atoms with Crippen LogP contribution in [-0.2, 0) is 14.3 Å². The molecule has 0 radical (unpaired) electrons. The van der Waals surface area contributed by atoms with E-state index >= 15 is 0 Å². The van der Waals surface area contributed by atoms with Gasteiger partial charge in [-0.15, -0.1) is 0 Å². The number of nitrogens with one attached hydrogen (secondary N) is 2. The second-order valence-electron chi connectivity index (χ2n) is 3.96. The van der Waals surface area contributed by atoms with E-state index in [1.54, 1.807) is 0 Å². The van der Waals surface area contributed by atoms with Gasteiger partial charge in [-0.2, -0.15) is 0 Å². The highest BCUT2D eigenvalue weighted by Gasteiger charge is 2.23. The molecule has 5 heteroatoms. The smallest absolute Gasteiger partial charge is 0.237 e. The number of ether oxygens (including phenoxy) is 2.